The standard InChI is InChI=1S/C21H30N4O4S/c1-30(27,28)23-9-13-24-11-7-16(8-12-24)15-22-20(26)19-17-5-2-3-6-18(17)25-10-4-14-29-21(19)25/h2-3,5-6,16,23H,4,7-15H2,1H3,(H,22,26). The fourth-order valence-corrected chi connectivity index (χ4v) is 4.85. The number of sulfonamides is 1. The summed E-state index contributed by atoms with van der Waals surface area (Å²) >= 11 is 0. The molecule has 0 saturated carbocycles. The smallest absolute Gasteiger partial charge is 0.257 e. The molecule has 3 heterocycles. The number of carbonyl (C=O) groups excluding carboxylic acids is 1. The monoisotopic (exact) mass is 434 g/mol. The summed E-state index contributed by atoms with van der Waals surface area (Å²) in [6.45, 7) is 5.14. The molecule has 4 rings (SSSR count). The molecule has 164 valence electrons. The number of hydrogen-bond donors (Lipinski definition) is 2. The number of amides is 1. The van der Waals surface area contributed by atoms with Crippen molar-refractivity contribution in [1.29, 1.82) is 0 Å². The average Bonchev–Trinajstić information content (AvgIpc) is 3.07. The Bertz CT molecular complexity index is 1010. The van der Waals surface area contributed by atoms with Gasteiger partial charge in [-0.3, -0.25) is 4.79 Å². The molecular formula is C21H30N4O4S. The third-order valence-corrected chi connectivity index (χ3v) is 6.69. The van der Waals surface area contributed by atoms with Gasteiger partial charge in [0.05, 0.1) is 18.4 Å². The van der Waals surface area contributed by atoms with Crippen LogP contribution in [0.15, 0.2) is 24.3 Å². The first-order valence-corrected chi connectivity index (χ1v) is 12.5. The van der Waals surface area contributed by atoms with Gasteiger partial charge in [0, 0.05) is 31.6 Å². The Hall–Kier alpha value is -2.10. The molecule has 0 atom stereocenters. The molecule has 2 aliphatic rings. The van der Waals surface area contributed by atoms with E-state index in [9.17, 15) is 13.2 Å². The molecule has 30 heavy (non-hydrogen) atoms. The van der Waals surface area contributed by atoms with Crippen molar-refractivity contribution in [1.82, 2.24) is 19.5 Å². The molecule has 1 fully saturated rings. The number of aryl methyl sites for hydroxylation is 1. The largest absolute Gasteiger partial charge is 0.478 e. The molecule has 2 aliphatic heterocycles. The van der Waals surface area contributed by atoms with Gasteiger partial charge in [0.1, 0.15) is 5.56 Å². The number of benzene rings is 1. The summed E-state index contributed by atoms with van der Waals surface area (Å²) in [6, 6.07) is 7.98. The Morgan fingerprint density at radius 1 is 1.20 bits per heavy atom. The van der Waals surface area contributed by atoms with Gasteiger partial charge in [-0.2, -0.15) is 0 Å². The molecular weight excluding hydrogens is 404 g/mol. The van der Waals surface area contributed by atoms with Crippen LogP contribution in [0.4, 0.5) is 0 Å². The van der Waals surface area contributed by atoms with E-state index < -0.39 is 10.0 Å². The van der Waals surface area contributed by atoms with E-state index >= 15 is 0 Å². The van der Waals surface area contributed by atoms with E-state index in [1.54, 1.807) is 0 Å². The zero-order valence-corrected chi connectivity index (χ0v) is 18.2. The lowest BCUT2D eigenvalue weighted by atomic mass is 9.96. The summed E-state index contributed by atoms with van der Waals surface area (Å²) in [6.07, 6.45) is 4.11. The second-order valence-electron chi connectivity index (χ2n) is 8.21. The minimum Gasteiger partial charge on any atom is -0.478 e. The molecule has 0 unspecified atom stereocenters. The number of piperidine rings is 1. The SMILES string of the molecule is CS(=O)(=O)NCCN1CCC(CNC(=O)c2c3n(c4ccccc24)CCCO3)CC1. The van der Waals surface area contributed by atoms with Crippen LogP contribution >= 0.6 is 0 Å². The number of carbonyl (C=O) groups is 1. The van der Waals surface area contributed by atoms with Gasteiger partial charge in [-0.1, -0.05) is 18.2 Å². The first kappa shape index (κ1) is 21.1. The van der Waals surface area contributed by atoms with Crippen LogP contribution < -0.4 is 14.8 Å². The molecule has 1 aromatic heterocycles. The van der Waals surface area contributed by atoms with Gasteiger partial charge in [-0.05, 0) is 44.3 Å². The molecule has 0 spiro atoms. The summed E-state index contributed by atoms with van der Waals surface area (Å²) in [4.78, 5) is 15.3. The van der Waals surface area contributed by atoms with Crippen molar-refractivity contribution in [2.45, 2.75) is 25.8 Å². The van der Waals surface area contributed by atoms with Gasteiger partial charge >= 0.3 is 0 Å². The van der Waals surface area contributed by atoms with Crippen LogP contribution in [0.5, 0.6) is 5.88 Å². The van der Waals surface area contributed by atoms with E-state index in [-0.39, 0.29) is 5.91 Å². The number of hydrogen-bond acceptors (Lipinski definition) is 5. The minimum absolute atomic E-state index is 0.0679. The number of rotatable bonds is 7. The second kappa shape index (κ2) is 8.95. The average molecular weight is 435 g/mol. The van der Waals surface area contributed by atoms with Gasteiger partial charge in [-0.25, -0.2) is 13.1 Å². The lowest BCUT2D eigenvalue weighted by molar-refractivity contribution is 0.0931. The normalized spacial score (nSPS) is 18.2. The van der Waals surface area contributed by atoms with E-state index in [4.69, 9.17) is 4.74 Å². The van der Waals surface area contributed by atoms with Crippen LogP contribution in [0.25, 0.3) is 10.9 Å². The van der Waals surface area contributed by atoms with Crippen LogP contribution in [0.2, 0.25) is 0 Å². The van der Waals surface area contributed by atoms with Crippen molar-refractivity contribution < 1.29 is 17.9 Å². The molecule has 1 amide bonds. The Balaban J connectivity index is 1.32. The lowest BCUT2D eigenvalue weighted by Crippen LogP contribution is -2.41. The number of para-hydroxylation sites is 1. The predicted molar refractivity (Wildman–Crippen MR) is 116 cm³/mol. The van der Waals surface area contributed by atoms with E-state index in [1.807, 2.05) is 24.3 Å². The summed E-state index contributed by atoms with van der Waals surface area (Å²) in [5.74, 6) is 1.05. The summed E-state index contributed by atoms with van der Waals surface area (Å²) in [7, 11) is -3.13. The first-order valence-electron chi connectivity index (χ1n) is 10.6. The maximum absolute atomic E-state index is 13.1. The highest BCUT2D eigenvalue weighted by atomic mass is 32.2. The zero-order chi connectivity index (χ0) is 21.1. The molecule has 2 N–H and O–H groups in total. The summed E-state index contributed by atoms with van der Waals surface area (Å²) in [5.41, 5.74) is 1.70. The van der Waals surface area contributed by atoms with E-state index in [0.29, 0.717) is 43.6 Å². The molecule has 0 bridgehead atoms. The minimum atomic E-state index is -3.13. The Kier molecular flexibility index (Phi) is 6.31. The highest BCUT2D eigenvalue weighted by Gasteiger charge is 2.27. The van der Waals surface area contributed by atoms with Crippen LogP contribution in [0.3, 0.4) is 0 Å². The molecule has 9 heteroatoms. The highest BCUT2D eigenvalue weighted by molar-refractivity contribution is 7.88. The Labute approximate surface area is 177 Å². The van der Waals surface area contributed by atoms with Crippen molar-refractivity contribution in [2.75, 3.05) is 45.6 Å². The van der Waals surface area contributed by atoms with Gasteiger partial charge < -0.3 is 19.5 Å². The topological polar surface area (TPSA) is 92.7 Å². The fraction of sp³-hybridized carbons (Fsp3) is 0.571. The van der Waals surface area contributed by atoms with Crippen LogP contribution in [-0.2, 0) is 16.6 Å². The van der Waals surface area contributed by atoms with Crippen molar-refractivity contribution in [3.63, 3.8) is 0 Å². The van der Waals surface area contributed by atoms with Gasteiger partial charge in [0.2, 0.25) is 15.9 Å². The Morgan fingerprint density at radius 2 is 1.97 bits per heavy atom. The highest BCUT2D eigenvalue weighted by Crippen LogP contribution is 2.34. The molecule has 1 saturated heterocycles. The van der Waals surface area contributed by atoms with Crippen molar-refractivity contribution in [3.8, 4) is 5.88 Å². The molecule has 1 aromatic carbocycles. The number of aromatic nitrogens is 1. The summed E-state index contributed by atoms with van der Waals surface area (Å²) < 4.78 is 32.8. The van der Waals surface area contributed by atoms with Gasteiger partial charge in [0.25, 0.3) is 5.91 Å². The third kappa shape index (κ3) is 4.79. The molecule has 0 aliphatic carbocycles. The van der Waals surface area contributed by atoms with E-state index in [1.165, 1.54) is 6.26 Å². The second-order valence-corrected chi connectivity index (χ2v) is 10.0. The van der Waals surface area contributed by atoms with Crippen LogP contribution in [0.1, 0.15) is 29.6 Å². The fourth-order valence-electron chi connectivity index (χ4n) is 4.39. The van der Waals surface area contributed by atoms with E-state index in [0.717, 1.165) is 49.8 Å². The maximum atomic E-state index is 13.1. The number of fused-ring (bicyclic) bond motifs is 3. The van der Waals surface area contributed by atoms with Crippen LogP contribution in [-0.4, -0.2) is 69.4 Å². The molecule has 8 nitrogen and oxygen atoms in total. The predicted octanol–water partition coefficient (Wildman–Crippen LogP) is 1.41. The first-order chi connectivity index (χ1) is 14.4. The number of ether oxygens (including phenoxy) is 1. The summed E-state index contributed by atoms with van der Waals surface area (Å²) in [5, 5.41) is 4.08. The number of nitrogens with zero attached hydrogens (tertiary/aromatic N) is 2. The van der Waals surface area contributed by atoms with Gasteiger partial charge in [0.15, 0.2) is 0 Å². The van der Waals surface area contributed by atoms with E-state index in [2.05, 4.69) is 19.5 Å². The van der Waals surface area contributed by atoms with Crippen molar-refractivity contribution >= 4 is 26.8 Å². The maximum Gasteiger partial charge on any atom is 0.257 e. The molecule has 2 aromatic rings. The van der Waals surface area contributed by atoms with Gasteiger partial charge in [-0.15, -0.1) is 0 Å². The molecule has 0 radical (unpaired) electrons. The van der Waals surface area contributed by atoms with Crippen LogP contribution in [0, 0.1) is 5.92 Å². The van der Waals surface area contributed by atoms with Crippen molar-refractivity contribution in [3.05, 3.63) is 29.8 Å². The number of likely N-dealkylation sites (tertiary alicyclic amines) is 1. The third-order valence-electron chi connectivity index (χ3n) is 5.97. The number of nitrogens with one attached hydrogen (secondary N) is 2. The van der Waals surface area contributed by atoms with Crippen molar-refractivity contribution in [2.24, 2.45) is 5.92 Å². The zero-order valence-electron chi connectivity index (χ0n) is 17.4. The quantitative estimate of drug-likeness (QED) is 0.688. The lowest BCUT2D eigenvalue weighted by Gasteiger charge is -2.32. The Morgan fingerprint density at radius 3 is 2.73 bits per heavy atom.